The van der Waals surface area contributed by atoms with Crippen molar-refractivity contribution in [3.8, 4) is 16.8 Å². The van der Waals surface area contributed by atoms with Gasteiger partial charge in [0.1, 0.15) is 11.3 Å². The lowest BCUT2D eigenvalue weighted by molar-refractivity contribution is 0.836. The third-order valence-corrected chi connectivity index (χ3v) is 7.56. The summed E-state index contributed by atoms with van der Waals surface area (Å²) >= 11 is 0. The molecule has 6 aromatic rings. The number of imidazole rings is 1. The van der Waals surface area contributed by atoms with Crippen LogP contribution in [-0.4, -0.2) is 26.9 Å². The fourth-order valence-electron chi connectivity index (χ4n) is 5.40. The number of benzene rings is 4. The van der Waals surface area contributed by atoms with Crippen LogP contribution in [0.25, 0.3) is 33.5 Å². The molecule has 0 spiro atoms. The quantitative estimate of drug-likeness (QED) is 0.190. The first-order chi connectivity index (χ1) is 20.6. The summed E-state index contributed by atoms with van der Waals surface area (Å²) in [5, 5.41) is 0. The molecule has 5 heteroatoms. The highest BCUT2D eigenvalue weighted by atomic mass is 15.1. The van der Waals surface area contributed by atoms with E-state index in [-0.39, 0.29) is 0 Å². The lowest BCUT2D eigenvalue weighted by Gasteiger charge is -2.13. The topological polar surface area (TPSA) is 47.5 Å². The molecule has 42 heavy (non-hydrogen) atoms. The number of para-hydroxylation sites is 2. The Kier molecular flexibility index (Phi) is 7.48. The molecule has 0 saturated heterocycles. The second-order valence-electron chi connectivity index (χ2n) is 10.2. The average Bonchev–Trinajstić information content (AvgIpc) is 3.42. The Labute approximate surface area is 246 Å². The molecule has 0 bridgehead atoms. The largest absolute Gasteiger partial charge is 0.336 e. The summed E-state index contributed by atoms with van der Waals surface area (Å²) < 4.78 is 4.23. The van der Waals surface area contributed by atoms with Crippen LogP contribution in [0.1, 0.15) is 29.4 Å². The summed E-state index contributed by atoms with van der Waals surface area (Å²) in [6.07, 6.45) is 2.85. The first-order valence-electron chi connectivity index (χ1n) is 14.2. The van der Waals surface area contributed by atoms with Crippen molar-refractivity contribution >= 4 is 22.4 Å². The van der Waals surface area contributed by atoms with Gasteiger partial charge in [0.15, 0.2) is 0 Å². The Balaban J connectivity index is 1.29. The minimum atomic E-state index is 0.696. The molecule has 0 aliphatic heterocycles. The molecule has 206 valence electrons. The van der Waals surface area contributed by atoms with Gasteiger partial charge in [-0.3, -0.25) is 9.56 Å². The van der Waals surface area contributed by atoms with E-state index in [9.17, 15) is 0 Å². The maximum absolute atomic E-state index is 4.83. The standard InChI is InChI=1S/C37H33N5/c1-5-35-40-33-14-8-9-15-34(33)42(35)30-23-21-28(22-24-30)27-17-19-29(20-18-27)37(38-3)32-13-7-6-12-31(32)26(2)39-36-16-10-11-25-41(36)4/h6-25H,2,5H2,1,3-4H3. The Bertz CT molecular complexity index is 1990. The maximum Gasteiger partial charge on any atom is 0.132 e. The van der Waals surface area contributed by atoms with Crippen LogP contribution in [0.3, 0.4) is 0 Å². The minimum Gasteiger partial charge on any atom is -0.336 e. The van der Waals surface area contributed by atoms with Crippen LogP contribution >= 0.6 is 0 Å². The van der Waals surface area contributed by atoms with Crippen LogP contribution in [0.4, 0.5) is 0 Å². The van der Waals surface area contributed by atoms with Crippen molar-refractivity contribution in [2.24, 2.45) is 17.0 Å². The summed E-state index contributed by atoms with van der Waals surface area (Å²) in [5.41, 5.74) is 11.0. The molecule has 0 radical (unpaired) electrons. The summed E-state index contributed by atoms with van der Waals surface area (Å²) in [6.45, 7) is 6.45. The van der Waals surface area contributed by atoms with Gasteiger partial charge in [0.2, 0.25) is 0 Å². The Morgan fingerprint density at radius 3 is 2.10 bits per heavy atom. The third-order valence-electron chi connectivity index (χ3n) is 7.56. The molecule has 0 aliphatic carbocycles. The van der Waals surface area contributed by atoms with Crippen molar-refractivity contribution in [2.75, 3.05) is 7.05 Å². The molecule has 0 fully saturated rings. The van der Waals surface area contributed by atoms with Gasteiger partial charge < -0.3 is 4.57 Å². The Morgan fingerprint density at radius 1 is 0.762 bits per heavy atom. The van der Waals surface area contributed by atoms with Crippen molar-refractivity contribution in [2.45, 2.75) is 13.3 Å². The first kappa shape index (κ1) is 26.9. The van der Waals surface area contributed by atoms with Gasteiger partial charge >= 0.3 is 0 Å². The average molecular weight is 548 g/mol. The van der Waals surface area contributed by atoms with Crippen molar-refractivity contribution < 1.29 is 0 Å². The number of hydrogen-bond acceptors (Lipinski definition) is 3. The molecule has 0 amide bonds. The smallest absolute Gasteiger partial charge is 0.132 e. The highest BCUT2D eigenvalue weighted by Gasteiger charge is 2.14. The SMILES string of the molecule is C=C(N=c1ccccn1C)c1ccccc1C(=NC)c1ccc(-c2ccc(-n3c(CC)nc4ccccc43)cc2)cc1. The Hall–Kier alpha value is -5.29. The van der Waals surface area contributed by atoms with Gasteiger partial charge in [0.05, 0.1) is 22.4 Å². The molecule has 2 aromatic heterocycles. The summed E-state index contributed by atoms with van der Waals surface area (Å²) in [4.78, 5) is 14.3. The van der Waals surface area contributed by atoms with E-state index >= 15 is 0 Å². The zero-order chi connectivity index (χ0) is 29.1. The lowest BCUT2D eigenvalue weighted by atomic mass is 9.94. The van der Waals surface area contributed by atoms with Crippen molar-refractivity contribution in [3.05, 3.63) is 156 Å². The Morgan fingerprint density at radius 2 is 1.40 bits per heavy atom. The molecule has 0 N–H and O–H groups in total. The van der Waals surface area contributed by atoms with Crippen molar-refractivity contribution in [1.29, 1.82) is 0 Å². The summed E-state index contributed by atoms with van der Waals surface area (Å²) in [7, 11) is 3.81. The molecule has 6 rings (SSSR count). The van der Waals surface area contributed by atoms with Crippen molar-refractivity contribution in [1.82, 2.24) is 14.1 Å². The molecule has 4 aromatic carbocycles. The number of fused-ring (bicyclic) bond motifs is 1. The molecule has 0 unspecified atom stereocenters. The number of aryl methyl sites for hydroxylation is 2. The van der Waals surface area contributed by atoms with E-state index < -0.39 is 0 Å². The van der Waals surface area contributed by atoms with E-state index in [0.717, 1.165) is 68.0 Å². The number of rotatable bonds is 7. The predicted octanol–water partition coefficient (Wildman–Crippen LogP) is 7.63. The van der Waals surface area contributed by atoms with Crippen LogP contribution in [0, 0.1) is 0 Å². The molecule has 0 aliphatic rings. The number of aromatic nitrogens is 3. The highest BCUT2D eigenvalue weighted by molar-refractivity contribution is 6.15. The zero-order valence-electron chi connectivity index (χ0n) is 24.2. The summed E-state index contributed by atoms with van der Waals surface area (Å²) in [5.74, 6) is 1.06. The van der Waals surface area contributed by atoms with Gasteiger partial charge in [-0.1, -0.05) is 92.4 Å². The van der Waals surface area contributed by atoms with E-state index in [1.165, 1.54) is 0 Å². The molecular formula is C37H33N5. The van der Waals surface area contributed by atoms with E-state index in [2.05, 4.69) is 96.9 Å². The number of pyridine rings is 1. The fraction of sp³-hybridized carbons (Fsp3) is 0.108. The monoisotopic (exact) mass is 547 g/mol. The van der Waals surface area contributed by atoms with Crippen LogP contribution in [-0.2, 0) is 13.5 Å². The van der Waals surface area contributed by atoms with Crippen LogP contribution in [0.15, 0.2) is 138 Å². The van der Waals surface area contributed by atoms with Gasteiger partial charge in [0.25, 0.3) is 0 Å². The van der Waals surface area contributed by atoms with E-state index in [0.29, 0.717) is 5.70 Å². The van der Waals surface area contributed by atoms with Gasteiger partial charge in [0, 0.05) is 49.1 Å². The predicted molar refractivity (Wildman–Crippen MR) is 174 cm³/mol. The maximum atomic E-state index is 4.83. The summed E-state index contributed by atoms with van der Waals surface area (Å²) in [6, 6.07) is 39.7. The number of nitrogens with zero attached hydrogens (tertiary/aromatic N) is 5. The van der Waals surface area contributed by atoms with E-state index in [4.69, 9.17) is 15.0 Å². The van der Waals surface area contributed by atoms with Gasteiger partial charge in [-0.2, -0.15) is 0 Å². The molecule has 2 heterocycles. The van der Waals surface area contributed by atoms with Crippen LogP contribution in [0.5, 0.6) is 0 Å². The third kappa shape index (κ3) is 5.13. The highest BCUT2D eigenvalue weighted by Crippen LogP contribution is 2.27. The normalized spacial score (nSPS) is 12.2. The van der Waals surface area contributed by atoms with Crippen LogP contribution < -0.4 is 5.49 Å². The van der Waals surface area contributed by atoms with Gasteiger partial charge in [-0.05, 0) is 47.5 Å². The molecule has 5 nitrogen and oxygen atoms in total. The lowest BCUT2D eigenvalue weighted by Crippen LogP contribution is -2.16. The fourth-order valence-corrected chi connectivity index (χ4v) is 5.40. The first-order valence-corrected chi connectivity index (χ1v) is 14.2. The van der Waals surface area contributed by atoms with Crippen molar-refractivity contribution in [3.63, 3.8) is 0 Å². The molecular weight excluding hydrogens is 514 g/mol. The minimum absolute atomic E-state index is 0.696. The second kappa shape index (κ2) is 11.7. The zero-order valence-corrected chi connectivity index (χ0v) is 24.2. The number of aliphatic imine (C=N–C) groups is 1. The van der Waals surface area contributed by atoms with E-state index in [1.807, 2.05) is 61.3 Å². The van der Waals surface area contributed by atoms with Crippen LogP contribution in [0.2, 0.25) is 0 Å². The molecule has 0 saturated carbocycles. The number of hydrogen-bond donors (Lipinski definition) is 0. The second-order valence-corrected chi connectivity index (χ2v) is 10.2. The van der Waals surface area contributed by atoms with E-state index in [1.54, 1.807) is 0 Å². The van der Waals surface area contributed by atoms with Gasteiger partial charge in [-0.25, -0.2) is 9.98 Å². The molecule has 0 atom stereocenters. The van der Waals surface area contributed by atoms with Gasteiger partial charge in [-0.15, -0.1) is 0 Å².